The van der Waals surface area contributed by atoms with Gasteiger partial charge in [0.25, 0.3) is 0 Å². The SMILES string of the molecule is CCOc1ccccc1CCNC(=O)Nc1ccc(C)c(C)c1. The van der Waals surface area contributed by atoms with Gasteiger partial charge in [-0.15, -0.1) is 0 Å². The fourth-order valence-electron chi connectivity index (χ4n) is 2.31. The topological polar surface area (TPSA) is 50.4 Å². The lowest BCUT2D eigenvalue weighted by atomic mass is 10.1. The van der Waals surface area contributed by atoms with Gasteiger partial charge in [-0.2, -0.15) is 0 Å². The smallest absolute Gasteiger partial charge is 0.319 e. The average Bonchev–Trinajstić information content (AvgIpc) is 2.53. The normalized spacial score (nSPS) is 10.2. The van der Waals surface area contributed by atoms with Crippen LogP contribution in [0.5, 0.6) is 5.75 Å². The molecule has 2 amide bonds. The number of carbonyl (C=O) groups is 1. The molecule has 2 aromatic carbocycles. The van der Waals surface area contributed by atoms with E-state index in [1.54, 1.807) is 0 Å². The number of ether oxygens (including phenoxy) is 1. The van der Waals surface area contributed by atoms with Crippen molar-refractivity contribution >= 4 is 11.7 Å². The predicted octanol–water partition coefficient (Wildman–Crippen LogP) is 4.07. The summed E-state index contributed by atoms with van der Waals surface area (Å²) in [4.78, 5) is 12.0. The van der Waals surface area contributed by atoms with Crippen LogP contribution < -0.4 is 15.4 Å². The Morgan fingerprint density at radius 1 is 1.09 bits per heavy atom. The standard InChI is InChI=1S/C19H24N2O2/c1-4-23-18-8-6-5-7-16(18)11-12-20-19(22)21-17-10-9-14(2)15(3)13-17/h5-10,13H,4,11-12H2,1-3H3,(H2,20,21,22). The fraction of sp³-hybridized carbons (Fsp3) is 0.316. The summed E-state index contributed by atoms with van der Waals surface area (Å²) in [6, 6.07) is 13.6. The second-order valence-electron chi connectivity index (χ2n) is 5.47. The van der Waals surface area contributed by atoms with E-state index in [0.29, 0.717) is 13.2 Å². The maximum absolute atomic E-state index is 12.0. The molecule has 0 saturated heterocycles. The third-order valence-electron chi connectivity index (χ3n) is 3.72. The molecule has 2 aromatic rings. The van der Waals surface area contributed by atoms with E-state index in [2.05, 4.69) is 17.6 Å². The van der Waals surface area contributed by atoms with Gasteiger partial charge in [-0.25, -0.2) is 4.79 Å². The van der Waals surface area contributed by atoms with E-state index in [1.807, 2.05) is 56.3 Å². The summed E-state index contributed by atoms with van der Waals surface area (Å²) in [6.45, 7) is 7.24. The lowest BCUT2D eigenvalue weighted by Gasteiger charge is -2.11. The second-order valence-corrected chi connectivity index (χ2v) is 5.47. The number of nitrogens with one attached hydrogen (secondary N) is 2. The average molecular weight is 312 g/mol. The van der Waals surface area contributed by atoms with Crippen LogP contribution in [0.25, 0.3) is 0 Å². The van der Waals surface area contributed by atoms with E-state index in [0.717, 1.165) is 29.0 Å². The van der Waals surface area contributed by atoms with Crippen molar-refractivity contribution in [2.24, 2.45) is 0 Å². The molecule has 0 heterocycles. The molecule has 4 heteroatoms. The molecule has 0 atom stereocenters. The van der Waals surface area contributed by atoms with Crippen LogP contribution in [0, 0.1) is 13.8 Å². The molecule has 0 aromatic heterocycles. The Kier molecular flexibility index (Phi) is 6.03. The highest BCUT2D eigenvalue weighted by atomic mass is 16.5. The van der Waals surface area contributed by atoms with Gasteiger partial charge in [0.2, 0.25) is 0 Å². The third kappa shape index (κ3) is 5.02. The van der Waals surface area contributed by atoms with Gasteiger partial charge in [-0.1, -0.05) is 24.3 Å². The minimum Gasteiger partial charge on any atom is -0.494 e. The van der Waals surface area contributed by atoms with Crippen molar-refractivity contribution in [3.05, 3.63) is 59.2 Å². The first-order valence-corrected chi connectivity index (χ1v) is 7.93. The van der Waals surface area contributed by atoms with Crippen molar-refractivity contribution < 1.29 is 9.53 Å². The van der Waals surface area contributed by atoms with Gasteiger partial charge >= 0.3 is 6.03 Å². The number of carbonyl (C=O) groups excluding carboxylic acids is 1. The maximum atomic E-state index is 12.0. The van der Waals surface area contributed by atoms with Crippen molar-refractivity contribution in [2.75, 3.05) is 18.5 Å². The Bertz CT molecular complexity index is 668. The van der Waals surface area contributed by atoms with Gasteiger partial charge in [-0.3, -0.25) is 0 Å². The first-order valence-electron chi connectivity index (χ1n) is 7.93. The van der Waals surface area contributed by atoms with Gasteiger partial charge in [0.05, 0.1) is 6.61 Å². The minimum absolute atomic E-state index is 0.192. The van der Waals surface area contributed by atoms with Crippen molar-refractivity contribution in [1.29, 1.82) is 0 Å². The highest BCUT2D eigenvalue weighted by Crippen LogP contribution is 2.18. The van der Waals surface area contributed by atoms with Crippen LogP contribution in [-0.2, 0) is 6.42 Å². The van der Waals surface area contributed by atoms with Gasteiger partial charge < -0.3 is 15.4 Å². The van der Waals surface area contributed by atoms with Crippen molar-refractivity contribution in [1.82, 2.24) is 5.32 Å². The number of anilines is 1. The van der Waals surface area contributed by atoms with Crippen LogP contribution in [0.3, 0.4) is 0 Å². The van der Waals surface area contributed by atoms with E-state index in [1.165, 1.54) is 5.56 Å². The highest BCUT2D eigenvalue weighted by molar-refractivity contribution is 5.89. The molecule has 23 heavy (non-hydrogen) atoms. The lowest BCUT2D eigenvalue weighted by Crippen LogP contribution is -2.30. The quantitative estimate of drug-likeness (QED) is 0.845. The van der Waals surface area contributed by atoms with E-state index >= 15 is 0 Å². The molecule has 0 fully saturated rings. The molecule has 4 nitrogen and oxygen atoms in total. The highest BCUT2D eigenvalue weighted by Gasteiger charge is 2.05. The molecule has 0 bridgehead atoms. The number of hydrogen-bond acceptors (Lipinski definition) is 2. The van der Waals surface area contributed by atoms with Crippen molar-refractivity contribution in [3.63, 3.8) is 0 Å². The van der Waals surface area contributed by atoms with Gasteiger partial charge in [0, 0.05) is 12.2 Å². The van der Waals surface area contributed by atoms with Gasteiger partial charge in [-0.05, 0) is 62.1 Å². The summed E-state index contributed by atoms with van der Waals surface area (Å²) in [5.41, 5.74) is 4.28. The van der Waals surface area contributed by atoms with Crippen LogP contribution >= 0.6 is 0 Å². The van der Waals surface area contributed by atoms with E-state index in [-0.39, 0.29) is 6.03 Å². The van der Waals surface area contributed by atoms with Gasteiger partial charge in [0.1, 0.15) is 5.75 Å². The van der Waals surface area contributed by atoms with Crippen molar-refractivity contribution in [2.45, 2.75) is 27.2 Å². The first-order chi connectivity index (χ1) is 11.1. The summed E-state index contributed by atoms with van der Waals surface area (Å²) in [5, 5.41) is 5.73. The van der Waals surface area contributed by atoms with Crippen LogP contribution in [0.2, 0.25) is 0 Å². The fourth-order valence-corrected chi connectivity index (χ4v) is 2.31. The molecular weight excluding hydrogens is 288 g/mol. The van der Waals surface area contributed by atoms with E-state index in [9.17, 15) is 4.79 Å². The van der Waals surface area contributed by atoms with Crippen LogP contribution in [-0.4, -0.2) is 19.2 Å². The summed E-state index contributed by atoms with van der Waals surface area (Å²) < 4.78 is 5.59. The van der Waals surface area contributed by atoms with Gasteiger partial charge in [0.15, 0.2) is 0 Å². The minimum atomic E-state index is -0.192. The largest absolute Gasteiger partial charge is 0.494 e. The monoisotopic (exact) mass is 312 g/mol. The molecule has 0 aliphatic carbocycles. The number of hydrogen-bond donors (Lipinski definition) is 2. The summed E-state index contributed by atoms with van der Waals surface area (Å²) in [5.74, 6) is 0.881. The molecule has 0 aliphatic rings. The Balaban J connectivity index is 1.84. The summed E-state index contributed by atoms with van der Waals surface area (Å²) >= 11 is 0. The molecule has 2 N–H and O–H groups in total. The molecule has 0 aliphatic heterocycles. The number of amides is 2. The zero-order chi connectivity index (χ0) is 16.7. The molecule has 0 radical (unpaired) electrons. The molecular formula is C19H24N2O2. The molecule has 122 valence electrons. The maximum Gasteiger partial charge on any atom is 0.319 e. The molecule has 0 spiro atoms. The molecule has 0 saturated carbocycles. The predicted molar refractivity (Wildman–Crippen MR) is 94.3 cm³/mol. The Morgan fingerprint density at radius 2 is 1.87 bits per heavy atom. The van der Waals surface area contributed by atoms with E-state index in [4.69, 9.17) is 4.74 Å². The first kappa shape index (κ1) is 16.9. The number of benzene rings is 2. The van der Waals surface area contributed by atoms with Crippen LogP contribution in [0.15, 0.2) is 42.5 Å². The third-order valence-corrected chi connectivity index (χ3v) is 3.72. The molecule has 0 unspecified atom stereocenters. The summed E-state index contributed by atoms with van der Waals surface area (Å²) in [7, 11) is 0. The van der Waals surface area contributed by atoms with Crippen LogP contribution in [0.1, 0.15) is 23.6 Å². The van der Waals surface area contributed by atoms with E-state index < -0.39 is 0 Å². The van der Waals surface area contributed by atoms with Crippen molar-refractivity contribution in [3.8, 4) is 5.75 Å². The second kappa shape index (κ2) is 8.22. The Labute approximate surface area is 137 Å². The summed E-state index contributed by atoms with van der Waals surface area (Å²) in [6.07, 6.45) is 0.733. The Morgan fingerprint density at radius 3 is 2.61 bits per heavy atom. The zero-order valence-electron chi connectivity index (χ0n) is 14.0. The number of aryl methyl sites for hydroxylation is 2. The lowest BCUT2D eigenvalue weighted by molar-refractivity contribution is 0.252. The number of rotatable bonds is 6. The number of para-hydroxylation sites is 1. The zero-order valence-corrected chi connectivity index (χ0v) is 14.0. The molecule has 2 rings (SSSR count). The number of urea groups is 1. The Hall–Kier alpha value is -2.49. The van der Waals surface area contributed by atoms with Crippen LogP contribution in [0.4, 0.5) is 10.5 Å².